The van der Waals surface area contributed by atoms with E-state index < -0.39 is 10.0 Å². The Kier molecular flexibility index (Phi) is 5.48. The molecule has 0 radical (unpaired) electrons. The second-order valence-corrected chi connectivity index (χ2v) is 9.60. The third kappa shape index (κ3) is 4.36. The Bertz CT molecular complexity index is 1460. The van der Waals surface area contributed by atoms with Crippen molar-refractivity contribution in [1.29, 1.82) is 0 Å². The first kappa shape index (κ1) is 21.6. The van der Waals surface area contributed by atoms with Crippen LogP contribution in [0.5, 0.6) is 0 Å². The maximum Gasteiger partial charge on any atom is 0.229 e. The van der Waals surface area contributed by atoms with Crippen molar-refractivity contribution in [2.75, 3.05) is 21.6 Å². The summed E-state index contributed by atoms with van der Waals surface area (Å²) in [5, 5.41) is 8.26. The van der Waals surface area contributed by atoms with Gasteiger partial charge in [0.2, 0.25) is 15.9 Å². The number of carbonyl (C=O) groups is 1. The van der Waals surface area contributed by atoms with Crippen LogP contribution < -0.4 is 15.4 Å². The summed E-state index contributed by atoms with van der Waals surface area (Å²) >= 11 is 0. The Hall–Kier alpha value is -3.65. The predicted octanol–water partition coefficient (Wildman–Crippen LogP) is 5.08. The first-order valence-corrected chi connectivity index (χ1v) is 12.0. The molecule has 1 heterocycles. The second kappa shape index (κ2) is 8.12. The minimum Gasteiger partial charge on any atom is -0.354 e. The monoisotopic (exact) mass is 448 g/mol. The van der Waals surface area contributed by atoms with E-state index in [-0.39, 0.29) is 5.91 Å². The molecule has 0 bridgehead atoms. The van der Waals surface area contributed by atoms with Crippen molar-refractivity contribution in [2.24, 2.45) is 0 Å². The number of para-hydroxylation sites is 1. The fourth-order valence-corrected chi connectivity index (χ4v) is 4.32. The highest BCUT2D eigenvalue weighted by Gasteiger charge is 2.15. The molecule has 0 aliphatic rings. The van der Waals surface area contributed by atoms with Gasteiger partial charge in [0.1, 0.15) is 0 Å². The number of fused-ring (bicyclic) bond motifs is 2. The summed E-state index contributed by atoms with van der Waals surface area (Å²) in [5.41, 5.74) is 6.54. The zero-order chi connectivity index (χ0) is 23.0. The summed E-state index contributed by atoms with van der Waals surface area (Å²) in [6.45, 7) is 5.45. The van der Waals surface area contributed by atoms with Gasteiger partial charge in [0.25, 0.3) is 0 Å². The number of nitrogens with one attached hydrogen (secondary N) is 3. The molecule has 3 aromatic carbocycles. The third-order valence-corrected chi connectivity index (χ3v) is 5.81. The van der Waals surface area contributed by atoms with Gasteiger partial charge >= 0.3 is 0 Å². The van der Waals surface area contributed by atoms with Gasteiger partial charge in [0.15, 0.2) is 0 Å². The molecule has 1 amide bonds. The summed E-state index contributed by atoms with van der Waals surface area (Å²) in [6.07, 6.45) is 1.12. The van der Waals surface area contributed by atoms with Gasteiger partial charge in [-0.2, -0.15) is 0 Å². The molecule has 32 heavy (non-hydrogen) atoms. The lowest BCUT2D eigenvalue weighted by atomic mass is 10.0. The van der Waals surface area contributed by atoms with Crippen LogP contribution >= 0.6 is 0 Å². The predicted molar refractivity (Wildman–Crippen MR) is 131 cm³/mol. The number of hydrogen-bond donors (Lipinski definition) is 3. The van der Waals surface area contributed by atoms with E-state index in [0.29, 0.717) is 5.69 Å². The molecule has 0 saturated heterocycles. The van der Waals surface area contributed by atoms with Gasteiger partial charge in [0, 0.05) is 34.8 Å². The van der Waals surface area contributed by atoms with Crippen molar-refractivity contribution in [1.82, 2.24) is 4.98 Å². The minimum atomic E-state index is -3.34. The second-order valence-electron chi connectivity index (χ2n) is 7.85. The van der Waals surface area contributed by atoms with Crippen molar-refractivity contribution in [2.45, 2.75) is 20.8 Å². The number of aryl methyl sites for hydroxylation is 2. The molecule has 0 fully saturated rings. The minimum absolute atomic E-state index is 0.134. The topological polar surface area (TPSA) is 100 Å². The molecular formula is C24H24N4O3S. The molecule has 4 aromatic rings. The summed E-state index contributed by atoms with van der Waals surface area (Å²) in [4.78, 5) is 16.5. The van der Waals surface area contributed by atoms with Crippen LogP contribution in [0.3, 0.4) is 0 Å². The highest BCUT2D eigenvalue weighted by Crippen LogP contribution is 2.37. The molecule has 0 atom stereocenters. The fraction of sp³-hybridized carbons (Fsp3) is 0.167. The number of amides is 1. The molecular weight excluding hydrogens is 424 g/mol. The van der Waals surface area contributed by atoms with E-state index >= 15 is 0 Å². The molecule has 0 spiro atoms. The largest absolute Gasteiger partial charge is 0.354 e. The number of anilines is 4. The van der Waals surface area contributed by atoms with Gasteiger partial charge < -0.3 is 10.6 Å². The fourth-order valence-electron chi connectivity index (χ4n) is 3.75. The van der Waals surface area contributed by atoms with Crippen LogP contribution in [0.1, 0.15) is 18.1 Å². The number of rotatable bonds is 5. The Balaban J connectivity index is 1.87. The quantitative estimate of drug-likeness (QED) is 0.370. The van der Waals surface area contributed by atoms with Crippen LogP contribution in [0.4, 0.5) is 22.7 Å². The average molecular weight is 449 g/mol. The maximum atomic E-state index is 11.6. The molecule has 0 saturated carbocycles. The van der Waals surface area contributed by atoms with Crippen LogP contribution in [-0.4, -0.2) is 25.6 Å². The molecule has 0 aliphatic heterocycles. The van der Waals surface area contributed by atoms with E-state index in [1.807, 2.05) is 56.3 Å². The number of sulfonamides is 1. The molecule has 7 nitrogen and oxygen atoms in total. The van der Waals surface area contributed by atoms with E-state index in [0.717, 1.165) is 56.3 Å². The van der Waals surface area contributed by atoms with Gasteiger partial charge in [-0.1, -0.05) is 18.2 Å². The van der Waals surface area contributed by atoms with Crippen LogP contribution in [0.25, 0.3) is 21.8 Å². The van der Waals surface area contributed by atoms with Gasteiger partial charge in [-0.25, -0.2) is 13.4 Å². The molecule has 3 N–H and O–H groups in total. The lowest BCUT2D eigenvalue weighted by molar-refractivity contribution is -0.114. The lowest BCUT2D eigenvalue weighted by Crippen LogP contribution is -2.09. The number of carbonyl (C=O) groups excluding carboxylic acids is 1. The summed E-state index contributed by atoms with van der Waals surface area (Å²) in [6, 6.07) is 16.9. The van der Waals surface area contributed by atoms with E-state index in [4.69, 9.17) is 4.98 Å². The number of nitrogens with zero attached hydrogens (tertiary/aromatic N) is 1. The van der Waals surface area contributed by atoms with E-state index in [1.54, 1.807) is 12.1 Å². The zero-order valence-electron chi connectivity index (χ0n) is 18.3. The standard InChI is InChI=1S/C24H24N4O3S/c1-14-6-5-7-19-22(14)27-23-15(2)21(25-16(3)29)13-12-20(23)24(19)26-17-8-10-18(11-9-17)28-32(4,30)31/h5-13,28H,1-4H3,(H,25,29)(H,26,27). The first-order valence-electron chi connectivity index (χ1n) is 10.1. The lowest BCUT2D eigenvalue weighted by Gasteiger charge is -2.17. The van der Waals surface area contributed by atoms with Gasteiger partial charge in [-0.05, 0) is 61.4 Å². The van der Waals surface area contributed by atoms with Crippen molar-refractivity contribution in [3.63, 3.8) is 0 Å². The normalized spacial score (nSPS) is 11.5. The van der Waals surface area contributed by atoms with E-state index in [1.165, 1.54) is 6.92 Å². The number of pyridine rings is 1. The van der Waals surface area contributed by atoms with Crippen LogP contribution in [0.15, 0.2) is 54.6 Å². The van der Waals surface area contributed by atoms with Crippen LogP contribution in [0.2, 0.25) is 0 Å². The zero-order valence-corrected chi connectivity index (χ0v) is 19.1. The molecule has 0 aliphatic carbocycles. The molecule has 0 unspecified atom stereocenters. The Morgan fingerprint density at radius 2 is 1.53 bits per heavy atom. The van der Waals surface area contributed by atoms with Gasteiger partial charge in [0.05, 0.1) is 23.0 Å². The Labute approximate surface area is 186 Å². The smallest absolute Gasteiger partial charge is 0.229 e. The number of hydrogen-bond acceptors (Lipinski definition) is 5. The van der Waals surface area contributed by atoms with Crippen molar-refractivity contribution in [3.05, 3.63) is 65.7 Å². The van der Waals surface area contributed by atoms with Crippen LogP contribution in [0, 0.1) is 13.8 Å². The van der Waals surface area contributed by atoms with Crippen LogP contribution in [-0.2, 0) is 14.8 Å². The third-order valence-electron chi connectivity index (χ3n) is 5.20. The van der Waals surface area contributed by atoms with Crippen molar-refractivity contribution < 1.29 is 13.2 Å². The molecule has 8 heteroatoms. The van der Waals surface area contributed by atoms with Gasteiger partial charge in [-0.15, -0.1) is 0 Å². The molecule has 4 rings (SSSR count). The summed E-state index contributed by atoms with van der Waals surface area (Å²) in [5.74, 6) is -0.134. The first-order chi connectivity index (χ1) is 15.1. The summed E-state index contributed by atoms with van der Waals surface area (Å²) < 4.78 is 25.4. The van der Waals surface area contributed by atoms with Crippen molar-refractivity contribution >= 4 is 60.5 Å². The number of aromatic nitrogens is 1. The number of benzene rings is 3. The highest BCUT2D eigenvalue weighted by molar-refractivity contribution is 7.92. The molecule has 164 valence electrons. The summed E-state index contributed by atoms with van der Waals surface area (Å²) in [7, 11) is -3.34. The Morgan fingerprint density at radius 1 is 0.875 bits per heavy atom. The average Bonchev–Trinajstić information content (AvgIpc) is 2.71. The van der Waals surface area contributed by atoms with Gasteiger partial charge in [-0.3, -0.25) is 9.52 Å². The maximum absolute atomic E-state index is 11.6. The Morgan fingerprint density at radius 3 is 2.19 bits per heavy atom. The van der Waals surface area contributed by atoms with Crippen molar-refractivity contribution in [3.8, 4) is 0 Å². The SMILES string of the molecule is CC(=O)Nc1ccc2c(Nc3ccc(NS(C)(=O)=O)cc3)c3cccc(C)c3nc2c1C. The molecule has 1 aromatic heterocycles. The van der Waals surface area contributed by atoms with E-state index in [9.17, 15) is 13.2 Å². The highest BCUT2D eigenvalue weighted by atomic mass is 32.2. The van der Waals surface area contributed by atoms with E-state index in [2.05, 4.69) is 15.4 Å².